The molecular formula is C27H21ClFN3O4S. The topological polar surface area (TPSA) is 92.6 Å². The number of anilines is 1. The quantitative estimate of drug-likeness (QED) is 0.184. The second-order valence-electron chi connectivity index (χ2n) is 8.79. The van der Waals surface area contributed by atoms with Crippen molar-refractivity contribution in [1.29, 1.82) is 0 Å². The minimum absolute atomic E-state index is 0.0797. The van der Waals surface area contributed by atoms with Crippen LogP contribution in [0.15, 0.2) is 60.4 Å². The van der Waals surface area contributed by atoms with Crippen LogP contribution in [0.3, 0.4) is 0 Å². The monoisotopic (exact) mass is 537 g/mol. The standard InChI is InChI=1S/C27H21ClFN3O4S/c1-13(2)16-10-15(4-5-20(16)36-3)24(33)22-23(14-6-8-30-9-7-14)32(26(35)25(22)34)27-31-19-11-17(28)18(29)12-21(19)37-27/h4-13,23,33H,1-3H3/b24-22+. The summed E-state index contributed by atoms with van der Waals surface area (Å²) >= 11 is 6.97. The molecule has 188 valence electrons. The number of pyridine rings is 1. The third-order valence-corrected chi connectivity index (χ3v) is 7.52. The van der Waals surface area contributed by atoms with Gasteiger partial charge < -0.3 is 9.84 Å². The molecule has 1 aliphatic heterocycles. The van der Waals surface area contributed by atoms with Crippen molar-refractivity contribution in [2.24, 2.45) is 0 Å². The SMILES string of the molecule is COc1ccc(/C(O)=C2\C(=O)C(=O)N(c3nc4cc(Cl)c(F)cc4s3)C2c2ccncc2)cc1C(C)C. The molecule has 1 fully saturated rings. The van der Waals surface area contributed by atoms with Gasteiger partial charge in [0.25, 0.3) is 5.78 Å². The third-order valence-electron chi connectivity index (χ3n) is 6.22. The Morgan fingerprint density at radius 1 is 1.16 bits per heavy atom. The van der Waals surface area contributed by atoms with Crippen LogP contribution in [0.4, 0.5) is 9.52 Å². The number of benzene rings is 2. The van der Waals surface area contributed by atoms with Crippen molar-refractivity contribution in [3.63, 3.8) is 0 Å². The van der Waals surface area contributed by atoms with Gasteiger partial charge in [0.1, 0.15) is 17.3 Å². The lowest BCUT2D eigenvalue weighted by Gasteiger charge is -2.23. The minimum Gasteiger partial charge on any atom is -0.507 e. The van der Waals surface area contributed by atoms with Crippen molar-refractivity contribution in [1.82, 2.24) is 9.97 Å². The second kappa shape index (κ2) is 9.57. The van der Waals surface area contributed by atoms with Gasteiger partial charge in [-0.15, -0.1) is 0 Å². The van der Waals surface area contributed by atoms with E-state index in [1.165, 1.54) is 29.4 Å². The Balaban J connectivity index is 1.72. The van der Waals surface area contributed by atoms with Crippen molar-refractivity contribution in [2.45, 2.75) is 25.8 Å². The summed E-state index contributed by atoms with van der Waals surface area (Å²) < 4.78 is 20.0. The number of Topliss-reactive ketones (excluding diaryl/α,β-unsaturated/α-hetero) is 1. The van der Waals surface area contributed by atoms with Gasteiger partial charge in [0.2, 0.25) is 0 Å². The summed E-state index contributed by atoms with van der Waals surface area (Å²) in [5.41, 5.74) is 2.07. The van der Waals surface area contributed by atoms with Gasteiger partial charge >= 0.3 is 5.91 Å². The van der Waals surface area contributed by atoms with E-state index in [9.17, 15) is 19.1 Å². The van der Waals surface area contributed by atoms with Crippen molar-refractivity contribution in [2.75, 3.05) is 12.0 Å². The molecule has 1 atom stereocenters. The summed E-state index contributed by atoms with van der Waals surface area (Å²) in [5.74, 6) is -1.91. The number of carbonyl (C=O) groups is 2. The number of aliphatic hydroxyl groups is 1. The molecule has 0 spiro atoms. The lowest BCUT2D eigenvalue weighted by Crippen LogP contribution is -2.29. The number of carbonyl (C=O) groups excluding carboxylic acids is 2. The molecule has 37 heavy (non-hydrogen) atoms. The Bertz CT molecular complexity index is 1550. The number of aliphatic hydroxyl groups excluding tert-OH is 1. The van der Waals surface area contributed by atoms with Gasteiger partial charge in [0, 0.05) is 18.0 Å². The smallest absolute Gasteiger partial charge is 0.301 e. The van der Waals surface area contributed by atoms with Crippen LogP contribution in [-0.2, 0) is 9.59 Å². The summed E-state index contributed by atoms with van der Waals surface area (Å²) in [6.45, 7) is 3.97. The van der Waals surface area contributed by atoms with Crippen molar-refractivity contribution in [3.8, 4) is 5.75 Å². The molecule has 1 unspecified atom stereocenters. The first-order chi connectivity index (χ1) is 17.7. The fourth-order valence-electron chi connectivity index (χ4n) is 4.39. The summed E-state index contributed by atoms with van der Waals surface area (Å²) in [6.07, 6.45) is 3.07. The Hall–Kier alpha value is -3.82. The lowest BCUT2D eigenvalue weighted by molar-refractivity contribution is -0.132. The molecule has 7 nitrogen and oxygen atoms in total. The average molecular weight is 538 g/mol. The molecule has 4 aromatic rings. The third kappa shape index (κ3) is 4.24. The highest BCUT2D eigenvalue weighted by molar-refractivity contribution is 7.22. The number of ketones is 1. The van der Waals surface area contributed by atoms with E-state index in [-0.39, 0.29) is 27.4 Å². The molecule has 0 bridgehead atoms. The minimum atomic E-state index is -0.978. The summed E-state index contributed by atoms with van der Waals surface area (Å²) in [4.78, 5) is 36.5. The molecule has 1 N–H and O–H groups in total. The number of thiazole rings is 1. The Kier molecular flexibility index (Phi) is 6.43. The van der Waals surface area contributed by atoms with Crippen LogP contribution in [0.25, 0.3) is 16.0 Å². The molecule has 2 aromatic heterocycles. The van der Waals surface area contributed by atoms with Crippen LogP contribution in [0, 0.1) is 5.82 Å². The number of nitrogens with zero attached hydrogens (tertiary/aromatic N) is 3. The second-order valence-corrected chi connectivity index (χ2v) is 10.2. The molecule has 0 saturated carbocycles. The summed E-state index contributed by atoms with van der Waals surface area (Å²) in [5, 5.41) is 11.5. The number of hydrogen-bond acceptors (Lipinski definition) is 7. The maximum Gasteiger partial charge on any atom is 0.301 e. The van der Waals surface area contributed by atoms with Crippen LogP contribution in [0.5, 0.6) is 5.75 Å². The van der Waals surface area contributed by atoms with Gasteiger partial charge in [-0.1, -0.05) is 36.8 Å². The average Bonchev–Trinajstić information content (AvgIpc) is 3.41. The van der Waals surface area contributed by atoms with Gasteiger partial charge in [0.15, 0.2) is 5.13 Å². The van der Waals surface area contributed by atoms with E-state index in [0.29, 0.717) is 27.1 Å². The van der Waals surface area contributed by atoms with E-state index >= 15 is 0 Å². The number of hydrogen-bond donors (Lipinski definition) is 1. The number of halogens is 2. The highest BCUT2D eigenvalue weighted by Gasteiger charge is 2.48. The van der Waals surface area contributed by atoms with Gasteiger partial charge in [-0.05, 0) is 59.5 Å². The zero-order valence-corrected chi connectivity index (χ0v) is 21.6. The van der Waals surface area contributed by atoms with Gasteiger partial charge in [0.05, 0.1) is 34.0 Å². The van der Waals surface area contributed by atoms with Gasteiger partial charge in [-0.2, -0.15) is 0 Å². The normalized spacial score (nSPS) is 17.2. The zero-order chi connectivity index (χ0) is 26.4. The molecule has 0 radical (unpaired) electrons. The summed E-state index contributed by atoms with van der Waals surface area (Å²) in [7, 11) is 1.56. The molecule has 10 heteroatoms. The van der Waals surface area contributed by atoms with E-state index in [1.54, 1.807) is 37.4 Å². The van der Waals surface area contributed by atoms with Gasteiger partial charge in [-0.3, -0.25) is 19.5 Å². The number of amides is 1. The first-order valence-corrected chi connectivity index (χ1v) is 12.6. The lowest BCUT2D eigenvalue weighted by atomic mass is 9.93. The first-order valence-electron chi connectivity index (χ1n) is 11.4. The van der Waals surface area contributed by atoms with Crippen LogP contribution in [-0.4, -0.2) is 33.9 Å². The molecule has 2 aromatic carbocycles. The van der Waals surface area contributed by atoms with Crippen molar-refractivity contribution >= 4 is 55.7 Å². The number of methoxy groups -OCH3 is 1. The van der Waals surface area contributed by atoms with Crippen molar-refractivity contribution in [3.05, 3.63) is 88.0 Å². The fraction of sp³-hybridized carbons (Fsp3) is 0.185. The number of rotatable bonds is 5. The molecule has 5 rings (SSSR count). The molecular weight excluding hydrogens is 517 g/mol. The zero-order valence-electron chi connectivity index (χ0n) is 20.0. The highest BCUT2D eigenvalue weighted by atomic mass is 35.5. The fourth-order valence-corrected chi connectivity index (χ4v) is 5.55. The van der Waals surface area contributed by atoms with E-state index in [4.69, 9.17) is 16.3 Å². The highest BCUT2D eigenvalue weighted by Crippen LogP contribution is 2.45. The molecule has 1 amide bonds. The molecule has 1 aliphatic rings. The Morgan fingerprint density at radius 3 is 2.57 bits per heavy atom. The Labute approximate surface area is 220 Å². The van der Waals surface area contributed by atoms with E-state index < -0.39 is 23.5 Å². The Morgan fingerprint density at radius 2 is 1.89 bits per heavy atom. The molecule has 0 aliphatic carbocycles. The molecule has 1 saturated heterocycles. The van der Waals surface area contributed by atoms with E-state index in [0.717, 1.165) is 16.9 Å². The molecule has 3 heterocycles. The summed E-state index contributed by atoms with van der Waals surface area (Å²) in [6, 6.07) is 10.1. The maximum absolute atomic E-state index is 14.1. The van der Waals surface area contributed by atoms with E-state index in [1.807, 2.05) is 13.8 Å². The number of ether oxygens (including phenoxy) is 1. The van der Waals surface area contributed by atoms with Crippen LogP contribution in [0.1, 0.15) is 42.5 Å². The maximum atomic E-state index is 14.1. The van der Waals surface area contributed by atoms with Crippen LogP contribution >= 0.6 is 22.9 Å². The predicted octanol–water partition coefficient (Wildman–Crippen LogP) is 6.24. The number of aromatic nitrogens is 2. The largest absolute Gasteiger partial charge is 0.507 e. The van der Waals surface area contributed by atoms with Crippen LogP contribution in [0.2, 0.25) is 5.02 Å². The first kappa shape index (κ1) is 24.9. The van der Waals surface area contributed by atoms with Crippen LogP contribution < -0.4 is 9.64 Å². The predicted molar refractivity (Wildman–Crippen MR) is 141 cm³/mol. The van der Waals surface area contributed by atoms with Crippen molar-refractivity contribution < 1.29 is 23.8 Å². The van der Waals surface area contributed by atoms with E-state index in [2.05, 4.69) is 9.97 Å². The number of fused-ring (bicyclic) bond motifs is 1. The van der Waals surface area contributed by atoms with Gasteiger partial charge in [-0.25, -0.2) is 9.37 Å².